The lowest BCUT2D eigenvalue weighted by Gasteiger charge is -2.20. The van der Waals surface area contributed by atoms with Gasteiger partial charge in [0.05, 0.1) is 17.7 Å². The second-order valence-corrected chi connectivity index (χ2v) is 5.74. The zero-order chi connectivity index (χ0) is 15.0. The van der Waals surface area contributed by atoms with Crippen molar-refractivity contribution in [1.29, 1.82) is 0 Å². The number of ketones is 1. The van der Waals surface area contributed by atoms with Gasteiger partial charge in [-0.1, -0.05) is 28.1 Å². The van der Waals surface area contributed by atoms with Crippen molar-refractivity contribution in [3.63, 3.8) is 0 Å². The highest BCUT2D eigenvalue weighted by atomic mass is 79.9. The highest BCUT2D eigenvalue weighted by Gasteiger charge is 2.25. The molecule has 2 nitrogen and oxygen atoms in total. The molecule has 0 radical (unpaired) electrons. The Bertz CT molecular complexity index is 705. The number of halogens is 3. The Hall–Kier alpha value is -1.75. The van der Waals surface area contributed by atoms with Crippen LogP contribution in [0.2, 0.25) is 0 Å². The zero-order valence-corrected chi connectivity index (χ0v) is 12.5. The number of carbonyl (C=O) groups excluding carboxylic acids is 1. The molecule has 108 valence electrons. The Morgan fingerprint density at radius 1 is 1.19 bits per heavy atom. The summed E-state index contributed by atoms with van der Waals surface area (Å²) in [6.45, 7) is 0.503. The van der Waals surface area contributed by atoms with E-state index in [9.17, 15) is 13.6 Å². The van der Waals surface area contributed by atoms with Crippen LogP contribution in [-0.4, -0.2) is 12.4 Å². The van der Waals surface area contributed by atoms with Gasteiger partial charge in [-0.3, -0.25) is 4.79 Å². The Balaban J connectivity index is 2.12. The van der Waals surface area contributed by atoms with Crippen LogP contribution in [0.5, 0.6) is 5.75 Å². The van der Waals surface area contributed by atoms with Crippen molar-refractivity contribution in [2.45, 2.75) is 12.8 Å². The summed E-state index contributed by atoms with van der Waals surface area (Å²) in [5.41, 5.74) is 0.540. The summed E-state index contributed by atoms with van der Waals surface area (Å²) in [6, 6.07) is 7.25. The van der Waals surface area contributed by atoms with Crippen LogP contribution in [0.25, 0.3) is 0 Å². The summed E-state index contributed by atoms with van der Waals surface area (Å²) in [6.07, 6.45) is 1.66. The Morgan fingerprint density at radius 3 is 2.62 bits per heavy atom. The Labute approximate surface area is 128 Å². The van der Waals surface area contributed by atoms with E-state index in [1.165, 1.54) is 6.07 Å². The molecule has 0 fully saturated rings. The number of aryl methyl sites for hydroxylation is 1. The van der Waals surface area contributed by atoms with Gasteiger partial charge in [0.2, 0.25) is 5.78 Å². The van der Waals surface area contributed by atoms with Crippen molar-refractivity contribution in [2.24, 2.45) is 0 Å². The standard InChI is InChI=1S/C16H11BrF2O2/c17-10-7-12(18)14(13(19)8-10)15(20)11-5-1-3-9-4-2-6-21-16(9)11/h1,3,5,7-8H,2,4,6H2. The number of ether oxygens (including phenoxy) is 1. The maximum atomic E-state index is 13.9. The quantitative estimate of drug-likeness (QED) is 0.754. The third kappa shape index (κ3) is 2.58. The van der Waals surface area contributed by atoms with Gasteiger partial charge >= 0.3 is 0 Å². The highest BCUT2D eigenvalue weighted by Crippen LogP contribution is 2.32. The van der Waals surface area contributed by atoms with E-state index in [2.05, 4.69) is 15.9 Å². The predicted octanol–water partition coefficient (Wildman–Crippen LogP) is 4.28. The van der Waals surface area contributed by atoms with E-state index >= 15 is 0 Å². The van der Waals surface area contributed by atoms with Crippen molar-refractivity contribution in [3.05, 3.63) is 63.1 Å². The van der Waals surface area contributed by atoms with E-state index in [-0.39, 0.29) is 10.0 Å². The van der Waals surface area contributed by atoms with Crippen LogP contribution in [0, 0.1) is 11.6 Å². The van der Waals surface area contributed by atoms with E-state index in [1.807, 2.05) is 6.07 Å². The lowest BCUT2D eigenvalue weighted by atomic mass is 9.96. The van der Waals surface area contributed by atoms with Crippen LogP contribution < -0.4 is 4.74 Å². The molecule has 0 N–H and O–H groups in total. The molecule has 0 atom stereocenters. The van der Waals surface area contributed by atoms with Gasteiger partial charge < -0.3 is 4.74 Å². The van der Waals surface area contributed by atoms with Crippen LogP contribution in [0.4, 0.5) is 8.78 Å². The molecule has 2 aromatic rings. The summed E-state index contributed by atoms with van der Waals surface area (Å²) in [4.78, 5) is 12.5. The van der Waals surface area contributed by atoms with E-state index in [0.717, 1.165) is 30.5 Å². The molecule has 0 saturated carbocycles. The minimum Gasteiger partial charge on any atom is -0.493 e. The van der Waals surface area contributed by atoms with Crippen LogP contribution in [0.3, 0.4) is 0 Å². The average molecular weight is 353 g/mol. The van der Waals surface area contributed by atoms with E-state index in [4.69, 9.17) is 4.74 Å². The second-order valence-electron chi connectivity index (χ2n) is 4.82. The molecular formula is C16H11BrF2O2. The molecule has 0 amide bonds. The molecule has 21 heavy (non-hydrogen) atoms. The van der Waals surface area contributed by atoms with Gasteiger partial charge in [0.25, 0.3) is 0 Å². The fourth-order valence-corrected chi connectivity index (χ4v) is 2.86. The molecule has 1 aliphatic rings. The van der Waals surface area contributed by atoms with Gasteiger partial charge in [0.15, 0.2) is 0 Å². The molecule has 5 heteroatoms. The highest BCUT2D eigenvalue weighted by molar-refractivity contribution is 9.10. The first-order valence-electron chi connectivity index (χ1n) is 6.52. The van der Waals surface area contributed by atoms with Crippen LogP contribution >= 0.6 is 15.9 Å². The lowest BCUT2D eigenvalue weighted by Crippen LogP contribution is -2.15. The number of para-hydroxylation sites is 1. The minimum absolute atomic E-state index is 0.201. The zero-order valence-electron chi connectivity index (χ0n) is 11.0. The lowest BCUT2D eigenvalue weighted by molar-refractivity contribution is 0.102. The molecule has 3 rings (SSSR count). The van der Waals surface area contributed by atoms with Crippen molar-refractivity contribution < 1.29 is 18.3 Å². The number of fused-ring (bicyclic) bond motifs is 1. The third-order valence-corrected chi connectivity index (χ3v) is 3.87. The summed E-state index contributed by atoms with van der Waals surface area (Å²) >= 11 is 3.00. The molecule has 0 saturated heterocycles. The maximum absolute atomic E-state index is 13.9. The van der Waals surface area contributed by atoms with Gasteiger partial charge in [-0.25, -0.2) is 8.78 Å². The molecule has 0 spiro atoms. The fourth-order valence-electron chi connectivity index (χ4n) is 2.46. The Morgan fingerprint density at radius 2 is 1.90 bits per heavy atom. The largest absolute Gasteiger partial charge is 0.493 e. The number of hydrogen-bond donors (Lipinski definition) is 0. The molecule has 0 aliphatic carbocycles. The summed E-state index contributed by atoms with van der Waals surface area (Å²) < 4.78 is 33.7. The molecule has 0 aromatic heterocycles. The first-order valence-corrected chi connectivity index (χ1v) is 7.31. The molecule has 2 aromatic carbocycles. The van der Waals surface area contributed by atoms with Gasteiger partial charge in [0.1, 0.15) is 17.4 Å². The average Bonchev–Trinajstić information content (AvgIpc) is 2.45. The fraction of sp³-hybridized carbons (Fsp3) is 0.188. The summed E-state index contributed by atoms with van der Waals surface area (Å²) in [5.74, 6) is -2.03. The number of carbonyl (C=O) groups is 1. The first kappa shape index (κ1) is 14.2. The number of benzene rings is 2. The van der Waals surface area contributed by atoms with Gasteiger partial charge in [0, 0.05) is 4.47 Å². The summed E-state index contributed by atoms with van der Waals surface area (Å²) in [5, 5.41) is 0. The van der Waals surface area contributed by atoms with E-state index in [1.54, 1.807) is 6.07 Å². The Kier molecular flexibility index (Phi) is 3.76. The van der Waals surface area contributed by atoms with Crippen molar-refractivity contribution in [2.75, 3.05) is 6.61 Å². The van der Waals surface area contributed by atoms with Crippen LogP contribution in [0.15, 0.2) is 34.8 Å². The molecule has 1 heterocycles. The second kappa shape index (κ2) is 5.56. The summed E-state index contributed by atoms with van der Waals surface area (Å²) in [7, 11) is 0. The molecule has 1 aliphatic heterocycles. The van der Waals surface area contributed by atoms with Crippen LogP contribution in [-0.2, 0) is 6.42 Å². The monoisotopic (exact) mass is 352 g/mol. The maximum Gasteiger partial charge on any atom is 0.202 e. The smallest absolute Gasteiger partial charge is 0.202 e. The van der Waals surface area contributed by atoms with Crippen molar-refractivity contribution in [1.82, 2.24) is 0 Å². The normalized spacial score (nSPS) is 13.5. The van der Waals surface area contributed by atoms with Crippen LogP contribution in [0.1, 0.15) is 27.9 Å². The number of hydrogen-bond acceptors (Lipinski definition) is 2. The molecule has 0 bridgehead atoms. The van der Waals surface area contributed by atoms with Crippen molar-refractivity contribution >= 4 is 21.7 Å². The third-order valence-electron chi connectivity index (χ3n) is 3.41. The number of rotatable bonds is 2. The predicted molar refractivity (Wildman–Crippen MR) is 77.7 cm³/mol. The van der Waals surface area contributed by atoms with Crippen molar-refractivity contribution in [3.8, 4) is 5.75 Å². The molecule has 0 unspecified atom stereocenters. The molecular weight excluding hydrogens is 342 g/mol. The topological polar surface area (TPSA) is 26.3 Å². The SMILES string of the molecule is O=C(c1cccc2c1OCCC2)c1c(F)cc(Br)cc1F. The van der Waals surface area contributed by atoms with E-state index < -0.39 is 23.0 Å². The van der Waals surface area contributed by atoms with Gasteiger partial charge in [-0.2, -0.15) is 0 Å². The van der Waals surface area contributed by atoms with Gasteiger partial charge in [-0.05, 0) is 36.6 Å². The van der Waals surface area contributed by atoms with E-state index in [0.29, 0.717) is 12.4 Å². The van der Waals surface area contributed by atoms with Gasteiger partial charge in [-0.15, -0.1) is 0 Å². The minimum atomic E-state index is -0.889. The first-order chi connectivity index (χ1) is 10.1.